The lowest BCUT2D eigenvalue weighted by Crippen LogP contribution is -2.03. The van der Waals surface area contributed by atoms with Gasteiger partial charge in [-0.05, 0) is 61.1 Å². The molecule has 0 fully saturated rings. The van der Waals surface area contributed by atoms with Crippen LogP contribution in [0.5, 0.6) is 0 Å². The lowest BCUT2D eigenvalue weighted by molar-refractivity contribution is 1.16. The molecule has 0 saturated heterocycles. The van der Waals surface area contributed by atoms with Crippen LogP contribution in [0, 0.1) is 27.7 Å². The van der Waals surface area contributed by atoms with Crippen molar-refractivity contribution < 1.29 is 0 Å². The van der Waals surface area contributed by atoms with Crippen molar-refractivity contribution in [3.63, 3.8) is 0 Å². The second kappa shape index (κ2) is 4.96. The normalized spacial score (nSPS) is 10.7. The van der Waals surface area contributed by atoms with Crippen molar-refractivity contribution in [2.24, 2.45) is 0 Å². The number of benzene rings is 2. The van der Waals surface area contributed by atoms with E-state index in [0.29, 0.717) is 0 Å². The molecule has 19 heavy (non-hydrogen) atoms. The van der Waals surface area contributed by atoms with E-state index < -0.39 is 0 Å². The number of nitrogen functional groups attached to an aromatic ring is 2. The van der Waals surface area contributed by atoms with Gasteiger partial charge in [0.2, 0.25) is 0 Å². The van der Waals surface area contributed by atoms with Crippen LogP contribution < -0.4 is 11.5 Å². The number of hydrogen-bond acceptors (Lipinski definition) is 2. The first-order valence-corrected chi connectivity index (χ1v) is 6.61. The highest BCUT2D eigenvalue weighted by molar-refractivity contribution is 5.62. The van der Waals surface area contributed by atoms with Crippen LogP contribution in [-0.2, 0) is 6.42 Å². The van der Waals surface area contributed by atoms with E-state index in [1.165, 1.54) is 22.3 Å². The van der Waals surface area contributed by atoms with Gasteiger partial charge in [0.1, 0.15) is 0 Å². The molecule has 2 aromatic carbocycles. The summed E-state index contributed by atoms with van der Waals surface area (Å²) in [6.07, 6.45) is 0.792. The highest BCUT2D eigenvalue weighted by Crippen LogP contribution is 2.27. The van der Waals surface area contributed by atoms with Crippen LogP contribution in [0.15, 0.2) is 24.3 Å². The minimum Gasteiger partial charge on any atom is -0.398 e. The molecule has 2 aromatic rings. The molecule has 0 unspecified atom stereocenters. The molecule has 0 atom stereocenters. The topological polar surface area (TPSA) is 52.0 Å². The lowest BCUT2D eigenvalue weighted by atomic mass is 9.95. The van der Waals surface area contributed by atoms with Crippen molar-refractivity contribution in [2.75, 3.05) is 11.5 Å². The summed E-state index contributed by atoms with van der Waals surface area (Å²) in [6, 6.07) is 8.45. The van der Waals surface area contributed by atoms with Gasteiger partial charge in [0.15, 0.2) is 0 Å². The fourth-order valence-electron chi connectivity index (χ4n) is 2.30. The maximum Gasteiger partial charge on any atom is 0.0382 e. The standard InChI is InChI=1S/C17H22N2/c1-10-5-7-14(16(18)12(10)3)9-15-8-6-11(2)13(4)17(15)19/h5-8H,9,18-19H2,1-4H3. The van der Waals surface area contributed by atoms with Gasteiger partial charge < -0.3 is 11.5 Å². The Balaban J connectivity index is 2.43. The van der Waals surface area contributed by atoms with E-state index in [1.807, 2.05) is 0 Å². The number of rotatable bonds is 2. The molecule has 0 aliphatic carbocycles. The Morgan fingerprint density at radius 3 is 1.42 bits per heavy atom. The van der Waals surface area contributed by atoms with Crippen molar-refractivity contribution >= 4 is 11.4 Å². The third-order valence-electron chi connectivity index (χ3n) is 4.13. The van der Waals surface area contributed by atoms with Crippen LogP contribution in [0.1, 0.15) is 33.4 Å². The second-order valence-corrected chi connectivity index (χ2v) is 5.34. The maximum atomic E-state index is 6.21. The molecule has 0 spiro atoms. The third kappa shape index (κ3) is 2.43. The second-order valence-electron chi connectivity index (χ2n) is 5.34. The van der Waals surface area contributed by atoms with Gasteiger partial charge in [0.25, 0.3) is 0 Å². The van der Waals surface area contributed by atoms with Gasteiger partial charge in [-0.15, -0.1) is 0 Å². The smallest absolute Gasteiger partial charge is 0.0382 e. The number of aryl methyl sites for hydroxylation is 2. The van der Waals surface area contributed by atoms with E-state index in [0.717, 1.165) is 28.9 Å². The molecule has 0 heterocycles. The first-order valence-electron chi connectivity index (χ1n) is 6.61. The molecular weight excluding hydrogens is 232 g/mol. The van der Waals surface area contributed by atoms with Gasteiger partial charge in [-0.3, -0.25) is 0 Å². The molecule has 2 nitrogen and oxygen atoms in total. The first-order chi connectivity index (χ1) is 8.91. The Kier molecular flexibility index (Phi) is 3.52. The fraction of sp³-hybridized carbons (Fsp3) is 0.294. The molecular formula is C17H22N2. The summed E-state index contributed by atoms with van der Waals surface area (Å²) in [4.78, 5) is 0. The van der Waals surface area contributed by atoms with E-state index in [9.17, 15) is 0 Å². The molecule has 2 heteroatoms. The highest BCUT2D eigenvalue weighted by Gasteiger charge is 2.09. The summed E-state index contributed by atoms with van der Waals surface area (Å²) in [5.41, 5.74) is 21.3. The Morgan fingerprint density at radius 1 is 0.684 bits per heavy atom. The maximum absolute atomic E-state index is 6.21. The van der Waals surface area contributed by atoms with Crippen LogP contribution >= 0.6 is 0 Å². The zero-order chi connectivity index (χ0) is 14.2. The SMILES string of the molecule is Cc1ccc(Cc2ccc(C)c(C)c2N)c(N)c1C. The van der Waals surface area contributed by atoms with Crippen molar-refractivity contribution in [1.82, 2.24) is 0 Å². The monoisotopic (exact) mass is 254 g/mol. The van der Waals surface area contributed by atoms with E-state index in [4.69, 9.17) is 11.5 Å². The van der Waals surface area contributed by atoms with Crippen LogP contribution in [0.4, 0.5) is 11.4 Å². The number of anilines is 2. The van der Waals surface area contributed by atoms with Crippen LogP contribution in [0.25, 0.3) is 0 Å². The molecule has 0 bridgehead atoms. The highest BCUT2D eigenvalue weighted by atomic mass is 14.6. The van der Waals surface area contributed by atoms with Crippen LogP contribution in [0.2, 0.25) is 0 Å². The fourth-order valence-corrected chi connectivity index (χ4v) is 2.30. The molecule has 0 amide bonds. The quantitative estimate of drug-likeness (QED) is 0.803. The Hall–Kier alpha value is -1.96. The van der Waals surface area contributed by atoms with E-state index in [2.05, 4.69) is 52.0 Å². The Bertz CT molecular complexity index is 572. The van der Waals surface area contributed by atoms with Gasteiger partial charge in [-0.2, -0.15) is 0 Å². The third-order valence-corrected chi connectivity index (χ3v) is 4.13. The summed E-state index contributed by atoms with van der Waals surface area (Å²) < 4.78 is 0. The van der Waals surface area contributed by atoms with Gasteiger partial charge in [0, 0.05) is 17.8 Å². The Morgan fingerprint density at radius 2 is 1.05 bits per heavy atom. The summed E-state index contributed by atoms with van der Waals surface area (Å²) in [5, 5.41) is 0. The van der Waals surface area contributed by atoms with E-state index in [-0.39, 0.29) is 0 Å². The van der Waals surface area contributed by atoms with Gasteiger partial charge in [-0.25, -0.2) is 0 Å². The average molecular weight is 254 g/mol. The van der Waals surface area contributed by atoms with Gasteiger partial charge in [0.05, 0.1) is 0 Å². The van der Waals surface area contributed by atoms with E-state index >= 15 is 0 Å². The predicted octanol–water partition coefficient (Wildman–Crippen LogP) is 3.68. The minimum atomic E-state index is 0.792. The molecule has 100 valence electrons. The van der Waals surface area contributed by atoms with Crippen molar-refractivity contribution in [1.29, 1.82) is 0 Å². The van der Waals surface area contributed by atoms with Crippen molar-refractivity contribution in [3.05, 3.63) is 57.6 Å². The molecule has 0 radical (unpaired) electrons. The molecule has 0 aliphatic heterocycles. The zero-order valence-electron chi connectivity index (χ0n) is 12.2. The minimum absolute atomic E-state index is 0.792. The van der Waals surface area contributed by atoms with E-state index in [1.54, 1.807) is 0 Å². The molecule has 0 saturated carbocycles. The summed E-state index contributed by atoms with van der Waals surface area (Å²) in [6.45, 7) is 8.30. The number of nitrogens with two attached hydrogens (primary N) is 2. The van der Waals surface area contributed by atoms with Crippen LogP contribution in [0.3, 0.4) is 0 Å². The van der Waals surface area contributed by atoms with Gasteiger partial charge >= 0.3 is 0 Å². The summed E-state index contributed by atoms with van der Waals surface area (Å²) in [5.74, 6) is 0. The van der Waals surface area contributed by atoms with Crippen molar-refractivity contribution in [3.8, 4) is 0 Å². The number of hydrogen-bond donors (Lipinski definition) is 2. The van der Waals surface area contributed by atoms with Crippen LogP contribution in [-0.4, -0.2) is 0 Å². The van der Waals surface area contributed by atoms with Gasteiger partial charge in [-0.1, -0.05) is 24.3 Å². The van der Waals surface area contributed by atoms with Crippen molar-refractivity contribution in [2.45, 2.75) is 34.1 Å². The molecule has 0 aromatic heterocycles. The first kappa shape index (κ1) is 13.5. The summed E-state index contributed by atoms with van der Waals surface area (Å²) in [7, 11) is 0. The Labute approximate surface area is 115 Å². The molecule has 2 rings (SSSR count). The predicted molar refractivity (Wildman–Crippen MR) is 83.5 cm³/mol. The zero-order valence-corrected chi connectivity index (χ0v) is 12.2. The lowest BCUT2D eigenvalue weighted by Gasteiger charge is -2.14. The molecule has 0 aliphatic rings. The molecule has 4 N–H and O–H groups in total. The largest absolute Gasteiger partial charge is 0.398 e. The summed E-state index contributed by atoms with van der Waals surface area (Å²) >= 11 is 0. The average Bonchev–Trinajstić information content (AvgIpc) is 2.39.